The van der Waals surface area contributed by atoms with E-state index >= 15 is 0 Å². The van der Waals surface area contributed by atoms with Crippen LogP contribution in [0.5, 0.6) is 17.2 Å². The first-order chi connectivity index (χ1) is 13.5. The Kier molecular flexibility index (Phi) is 5.97. The number of aryl methyl sites for hydroxylation is 1. The zero-order chi connectivity index (χ0) is 20.3. The molecule has 1 aliphatic heterocycles. The summed E-state index contributed by atoms with van der Waals surface area (Å²) in [6.45, 7) is 6.35. The highest BCUT2D eigenvalue weighted by molar-refractivity contribution is 5.96. The van der Waals surface area contributed by atoms with Gasteiger partial charge in [0.05, 0.1) is 21.3 Å². The minimum absolute atomic E-state index is 0.0324. The first-order valence-corrected chi connectivity index (χ1v) is 9.41. The molecular weight excluding hydrogens is 356 g/mol. The summed E-state index contributed by atoms with van der Waals surface area (Å²) in [6.07, 6.45) is 0. The number of benzene rings is 2. The largest absolute Gasteiger partial charge is 0.493 e. The number of methoxy groups -OCH3 is 3. The van der Waals surface area contributed by atoms with Crippen LogP contribution < -0.4 is 19.1 Å². The van der Waals surface area contributed by atoms with Crippen molar-refractivity contribution in [2.75, 3.05) is 45.9 Å². The van der Waals surface area contributed by atoms with Crippen molar-refractivity contribution < 1.29 is 19.0 Å². The third kappa shape index (κ3) is 3.86. The minimum Gasteiger partial charge on any atom is -0.493 e. The molecule has 0 bridgehead atoms. The summed E-state index contributed by atoms with van der Waals surface area (Å²) in [5, 5.41) is 0. The molecule has 6 heteroatoms. The van der Waals surface area contributed by atoms with Gasteiger partial charge in [0.15, 0.2) is 11.5 Å². The number of hydrogen-bond acceptors (Lipinski definition) is 5. The lowest BCUT2D eigenvalue weighted by Crippen LogP contribution is -2.53. The third-order valence-electron chi connectivity index (χ3n) is 5.16. The highest BCUT2D eigenvalue weighted by Crippen LogP contribution is 2.38. The summed E-state index contributed by atoms with van der Waals surface area (Å²) in [4.78, 5) is 17.4. The Morgan fingerprint density at radius 3 is 2.21 bits per heavy atom. The summed E-state index contributed by atoms with van der Waals surface area (Å²) in [5.74, 6) is 1.42. The van der Waals surface area contributed by atoms with E-state index in [0.29, 0.717) is 35.9 Å². The lowest BCUT2D eigenvalue weighted by atomic mass is 10.1. The predicted molar refractivity (Wildman–Crippen MR) is 110 cm³/mol. The highest BCUT2D eigenvalue weighted by Gasteiger charge is 2.28. The van der Waals surface area contributed by atoms with Gasteiger partial charge in [0.1, 0.15) is 0 Å². The molecule has 0 aliphatic carbocycles. The van der Waals surface area contributed by atoms with Crippen LogP contribution in [0.15, 0.2) is 36.4 Å². The van der Waals surface area contributed by atoms with Crippen molar-refractivity contribution in [3.8, 4) is 17.2 Å². The highest BCUT2D eigenvalue weighted by atomic mass is 16.5. The molecule has 1 heterocycles. The molecule has 0 unspecified atom stereocenters. The molecule has 1 aliphatic rings. The Bertz CT molecular complexity index is 827. The normalized spacial score (nSPS) is 16.7. The molecule has 1 saturated heterocycles. The van der Waals surface area contributed by atoms with Gasteiger partial charge in [-0.2, -0.15) is 0 Å². The number of amides is 1. The van der Waals surface area contributed by atoms with Crippen molar-refractivity contribution in [1.82, 2.24) is 4.90 Å². The van der Waals surface area contributed by atoms with Gasteiger partial charge in [-0.15, -0.1) is 0 Å². The van der Waals surface area contributed by atoms with Crippen LogP contribution in [0.25, 0.3) is 0 Å². The second kappa shape index (κ2) is 8.42. The molecule has 0 N–H and O–H groups in total. The zero-order valence-electron chi connectivity index (χ0n) is 17.2. The van der Waals surface area contributed by atoms with E-state index in [1.165, 1.54) is 11.3 Å². The van der Waals surface area contributed by atoms with Crippen molar-refractivity contribution in [2.45, 2.75) is 19.9 Å². The molecule has 0 aromatic heterocycles. The third-order valence-corrected chi connectivity index (χ3v) is 5.16. The number of piperazine rings is 1. The Hall–Kier alpha value is -2.89. The topological polar surface area (TPSA) is 51.2 Å². The van der Waals surface area contributed by atoms with E-state index in [9.17, 15) is 4.79 Å². The second-order valence-corrected chi connectivity index (χ2v) is 7.05. The maximum atomic E-state index is 13.1. The summed E-state index contributed by atoms with van der Waals surface area (Å²) < 4.78 is 16.1. The smallest absolute Gasteiger partial charge is 0.254 e. The average molecular weight is 384 g/mol. The maximum Gasteiger partial charge on any atom is 0.254 e. The summed E-state index contributed by atoms with van der Waals surface area (Å²) >= 11 is 0. The molecule has 28 heavy (non-hydrogen) atoms. The number of hydrogen-bond donors (Lipinski definition) is 0. The van der Waals surface area contributed by atoms with Gasteiger partial charge in [0, 0.05) is 36.9 Å². The van der Waals surface area contributed by atoms with Crippen molar-refractivity contribution in [3.05, 3.63) is 47.5 Å². The summed E-state index contributed by atoms with van der Waals surface area (Å²) in [6, 6.07) is 12.1. The van der Waals surface area contributed by atoms with Gasteiger partial charge in [0.25, 0.3) is 5.91 Å². The Morgan fingerprint density at radius 1 is 1.00 bits per heavy atom. The molecule has 1 fully saturated rings. The molecule has 0 spiro atoms. The van der Waals surface area contributed by atoms with E-state index in [-0.39, 0.29) is 11.9 Å². The van der Waals surface area contributed by atoms with E-state index in [2.05, 4.69) is 43.0 Å². The molecule has 3 rings (SSSR count). The molecule has 2 aromatic carbocycles. The monoisotopic (exact) mass is 384 g/mol. The number of nitrogens with zero attached hydrogens (tertiary/aromatic N) is 2. The van der Waals surface area contributed by atoms with Crippen molar-refractivity contribution in [2.24, 2.45) is 0 Å². The van der Waals surface area contributed by atoms with E-state index in [1.54, 1.807) is 33.5 Å². The van der Waals surface area contributed by atoms with E-state index in [0.717, 1.165) is 6.54 Å². The van der Waals surface area contributed by atoms with Crippen LogP contribution in [0.3, 0.4) is 0 Å². The van der Waals surface area contributed by atoms with E-state index < -0.39 is 0 Å². The zero-order valence-corrected chi connectivity index (χ0v) is 17.2. The predicted octanol–water partition coefficient (Wildman–Crippen LogP) is 3.37. The Balaban J connectivity index is 1.79. The lowest BCUT2D eigenvalue weighted by Gasteiger charge is -2.41. The summed E-state index contributed by atoms with van der Waals surface area (Å²) in [5.41, 5.74) is 2.97. The maximum absolute atomic E-state index is 13.1. The second-order valence-electron chi connectivity index (χ2n) is 7.05. The number of rotatable bonds is 5. The minimum atomic E-state index is -0.0324. The summed E-state index contributed by atoms with van der Waals surface area (Å²) in [7, 11) is 4.65. The van der Waals surface area contributed by atoms with E-state index in [1.807, 2.05) is 4.90 Å². The van der Waals surface area contributed by atoms with Crippen LogP contribution in [0.2, 0.25) is 0 Å². The van der Waals surface area contributed by atoms with Crippen LogP contribution in [0, 0.1) is 6.92 Å². The molecule has 1 amide bonds. The fourth-order valence-corrected chi connectivity index (χ4v) is 3.72. The molecule has 0 saturated carbocycles. The van der Waals surface area contributed by atoms with Crippen LogP contribution in [-0.2, 0) is 0 Å². The van der Waals surface area contributed by atoms with Gasteiger partial charge in [-0.3, -0.25) is 4.79 Å². The molecule has 1 atom stereocenters. The average Bonchev–Trinajstić information content (AvgIpc) is 2.71. The van der Waals surface area contributed by atoms with Crippen LogP contribution in [0.4, 0.5) is 5.69 Å². The number of anilines is 1. The van der Waals surface area contributed by atoms with Crippen LogP contribution >= 0.6 is 0 Å². The number of carbonyl (C=O) groups excluding carboxylic acids is 1. The Morgan fingerprint density at radius 2 is 1.68 bits per heavy atom. The SMILES string of the molecule is COc1cc(C(=O)N2CCN(c3cccc(C)c3)[C@@H](C)C2)cc(OC)c1OC. The van der Waals surface area contributed by atoms with Gasteiger partial charge in [-0.25, -0.2) is 0 Å². The quantitative estimate of drug-likeness (QED) is 0.791. The lowest BCUT2D eigenvalue weighted by molar-refractivity contribution is 0.0725. The first-order valence-electron chi connectivity index (χ1n) is 9.41. The molecule has 6 nitrogen and oxygen atoms in total. The van der Waals surface area contributed by atoms with Gasteiger partial charge in [0.2, 0.25) is 5.75 Å². The standard InChI is InChI=1S/C22H28N2O4/c1-15-7-6-8-18(11-15)24-10-9-23(14-16(24)2)22(25)17-12-19(26-3)21(28-5)20(13-17)27-4/h6-8,11-13,16H,9-10,14H2,1-5H3/t16-/m0/s1. The van der Waals surface area contributed by atoms with Crippen LogP contribution in [-0.4, -0.2) is 57.8 Å². The van der Waals surface area contributed by atoms with Gasteiger partial charge in [-0.1, -0.05) is 12.1 Å². The van der Waals surface area contributed by atoms with Crippen molar-refractivity contribution in [1.29, 1.82) is 0 Å². The molecule has 150 valence electrons. The van der Waals surface area contributed by atoms with Gasteiger partial charge >= 0.3 is 0 Å². The molecule has 0 radical (unpaired) electrons. The molecular formula is C22H28N2O4. The van der Waals surface area contributed by atoms with Crippen LogP contribution in [0.1, 0.15) is 22.8 Å². The van der Waals surface area contributed by atoms with Gasteiger partial charge in [-0.05, 0) is 43.7 Å². The Labute approximate surface area is 166 Å². The van der Waals surface area contributed by atoms with Gasteiger partial charge < -0.3 is 24.0 Å². The number of ether oxygens (including phenoxy) is 3. The first kappa shape index (κ1) is 19.9. The van der Waals surface area contributed by atoms with E-state index in [4.69, 9.17) is 14.2 Å². The fourth-order valence-electron chi connectivity index (χ4n) is 3.72. The van der Waals surface area contributed by atoms with Crippen molar-refractivity contribution in [3.63, 3.8) is 0 Å². The number of carbonyl (C=O) groups is 1. The molecule has 2 aromatic rings. The fraction of sp³-hybridized carbons (Fsp3) is 0.409. The van der Waals surface area contributed by atoms with Crippen molar-refractivity contribution >= 4 is 11.6 Å².